The maximum Gasteiger partial charge on any atom is 0.272 e. The first-order valence-corrected chi connectivity index (χ1v) is 9.33. The predicted octanol–water partition coefficient (Wildman–Crippen LogP) is 1.10. The van der Waals surface area contributed by atoms with Crippen molar-refractivity contribution in [2.45, 2.75) is 25.3 Å². The van der Waals surface area contributed by atoms with Gasteiger partial charge in [-0.05, 0) is 50.9 Å². The van der Waals surface area contributed by atoms with E-state index in [9.17, 15) is 9.59 Å². The van der Waals surface area contributed by atoms with Crippen LogP contribution in [0.1, 0.15) is 29.8 Å². The average molecular weight is 342 g/mol. The van der Waals surface area contributed by atoms with E-state index in [0.29, 0.717) is 36.7 Å². The summed E-state index contributed by atoms with van der Waals surface area (Å²) in [4.78, 5) is 35.8. The minimum Gasteiger partial charge on any atom is -0.341 e. The highest BCUT2D eigenvalue weighted by Crippen LogP contribution is 2.32. The largest absolute Gasteiger partial charge is 0.341 e. The zero-order valence-electron chi connectivity index (χ0n) is 14.8. The van der Waals surface area contributed by atoms with Crippen LogP contribution in [0.5, 0.6) is 0 Å². The van der Waals surface area contributed by atoms with Crippen LogP contribution in [0.2, 0.25) is 0 Å². The van der Waals surface area contributed by atoms with Crippen LogP contribution in [0.25, 0.3) is 0 Å². The van der Waals surface area contributed by atoms with Crippen LogP contribution in [-0.4, -0.2) is 77.3 Å². The molecular weight excluding hydrogens is 316 g/mol. The molecule has 3 aliphatic heterocycles. The molecule has 0 saturated carbocycles. The van der Waals surface area contributed by atoms with Gasteiger partial charge in [-0.25, -0.2) is 0 Å². The van der Waals surface area contributed by atoms with Crippen molar-refractivity contribution in [1.29, 1.82) is 0 Å². The van der Waals surface area contributed by atoms with Gasteiger partial charge in [-0.15, -0.1) is 0 Å². The normalized spacial score (nSPS) is 27.6. The van der Waals surface area contributed by atoms with Crippen molar-refractivity contribution in [2.24, 2.45) is 11.8 Å². The van der Waals surface area contributed by atoms with Crippen molar-refractivity contribution in [3.8, 4) is 0 Å². The summed E-state index contributed by atoms with van der Waals surface area (Å²) >= 11 is 0. The highest BCUT2D eigenvalue weighted by atomic mass is 16.2. The van der Waals surface area contributed by atoms with Gasteiger partial charge in [0.05, 0.1) is 0 Å². The van der Waals surface area contributed by atoms with E-state index >= 15 is 0 Å². The Balaban J connectivity index is 1.32. The number of carbonyl (C=O) groups is 2. The van der Waals surface area contributed by atoms with Gasteiger partial charge >= 0.3 is 0 Å². The smallest absolute Gasteiger partial charge is 0.272 e. The van der Waals surface area contributed by atoms with Gasteiger partial charge in [-0.3, -0.25) is 14.6 Å². The second kappa shape index (κ2) is 6.75. The van der Waals surface area contributed by atoms with Gasteiger partial charge in [-0.2, -0.15) is 0 Å². The SMILES string of the molecule is CN1CC[C@H]2CN(C(=O)C3CCN(C(=O)c4ccccn4)CC3)C[C@H]21. The molecule has 1 aromatic rings. The topological polar surface area (TPSA) is 56.8 Å². The van der Waals surface area contributed by atoms with Crippen molar-refractivity contribution < 1.29 is 9.59 Å². The number of likely N-dealkylation sites (N-methyl/N-ethyl adjacent to an activating group) is 1. The van der Waals surface area contributed by atoms with Gasteiger partial charge in [0.2, 0.25) is 5.91 Å². The number of amides is 2. The molecule has 3 saturated heterocycles. The minimum atomic E-state index is -0.0242. The molecule has 0 bridgehead atoms. The van der Waals surface area contributed by atoms with Gasteiger partial charge < -0.3 is 14.7 Å². The molecule has 4 rings (SSSR count). The lowest BCUT2D eigenvalue weighted by Gasteiger charge is -2.33. The molecule has 0 aliphatic carbocycles. The molecule has 0 spiro atoms. The van der Waals surface area contributed by atoms with Crippen LogP contribution in [0.15, 0.2) is 24.4 Å². The van der Waals surface area contributed by atoms with Crippen LogP contribution in [0, 0.1) is 11.8 Å². The van der Waals surface area contributed by atoms with Gasteiger partial charge in [0.25, 0.3) is 5.91 Å². The van der Waals surface area contributed by atoms with Crippen molar-refractivity contribution in [3.05, 3.63) is 30.1 Å². The van der Waals surface area contributed by atoms with Gasteiger partial charge in [0.1, 0.15) is 5.69 Å². The molecule has 3 aliphatic rings. The lowest BCUT2D eigenvalue weighted by Crippen LogP contribution is -2.44. The van der Waals surface area contributed by atoms with E-state index in [1.54, 1.807) is 12.3 Å². The number of fused-ring (bicyclic) bond motifs is 1. The Morgan fingerprint density at radius 2 is 1.84 bits per heavy atom. The fraction of sp³-hybridized carbons (Fsp3) is 0.632. The summed E-state index contributed by atoms with van der Waals surface area (Å²) in [5, 5.41) is 0. The average Bonchev–Trinajstić information content (AvgIpc) is 3.24. The van der Waals surface area contributed by atoms with Crippen LogP contribution in [-0.2, 0) is 4.79 Å². The molecule has 2 amide bonds. The third kappa shape index (κ3) is 3.15. The lowest BCUT2D eigenvalue weighted by molar-refractivity contribution is -0.136. The molecule has 0 radical (unpaired) electrons. The molecule has 1 aromatic heterocycles. The molecule has 6 heteroatoms. The van der Waals surface area contributed by atoms with Crippen LogP contribution in [0.3, 0.4) is 0 Å². The predicted molar refractivity (Wildman–Crippen MR) is 94.0 cm³/mol. The van der Waals surface area contributed by atoms with Crippen molar-refractivity contribution in [1.82, 2.24) is 19.7 Å². The second-order valence-electron chi connectivity index (χ2n) is 7.62. The number of nitrogens with zero attached hydrogens (tertiary/aromatic N) is 4. The summed E-state index contributed by atoms with van der Waals surface area (Å²) < 4.78 is 0. The van der Waals surface area contributed by atoms with Crippen LogP contribution >= 0.6 is 0 Å². The van der Waals surface area contributed by atoms with Gasteiger partial charge in [0.15, 0.2) is 0 Å². The molecule has 25 heavy (non-hydrogen) atoms. The van der Waals surface area contributed by atoms with Crippen LogP contribution < -0.4 is 0 Å². The summed E-state index contributed by atoms with van der Waals surface area (Å²) in [7, 11) is 2.17. The maximum atomic E-state index is 12.9. The zero-order chi connectivity index (χ0) is 17.4. The number of piperidine rings is 1. The second-order valence-corrected chi connectivity index (χ2v) is 7.62. The Hall–Kier alpha value is -1.95. The molecule has 0 N–H and O–H groups in total. The number of hydrogen-bond acceptors (Lipinski definition) is 4. The van der Waals surface area contributed by atoms with Crippen molar-refractivity contribution in [2.75, 3.05) is 39.8 Å². The number of aromatic nitrogens is 1. The van der Waals surface area contributed by atoms with Crippen molar-refractivity contribution >= 4 is 11.8 Å². The highest BCUT2D eigenvalue weighted by molar-refractivity contribution is 5.92. The first-order valence-electron chi connectivity index (χ1n) is 9.33. The number of hydrogen-bond donors (Lipinski definition) is 0. The van der Waals surface area contributed by atoms with E-state index in [-0.39, 0.29) is 11.8 Å². The number of carbonyl (C=O) groups excluding carboxylic acids is 2. The summed E-state index contributed by atoms with van der Waals surface area (Å²) in [5.41, 5.74) is 0.489. The molecule has 0 unspecified atom stereocenters. The third-order valence-corrected chi connectivity index (χ3v) is 6.15. The van der Waals surface area contributed by atoms with Gasteiger partial charge in [0, 0.05) is 44.3 Å². The summed E-state index contributed by atoms with van der Waals surface area (Å²) in [6.45, 7) is 4.25. The van der Waals surface area contributed by atoms with Gasteiger partial charge in [-0.1, -0.05) is 6.07 Å². The standard InChI is InChI=1S/C19H26N4O2/c1-21-9-5-15-12-23(13-17(15)21)18(24)14-6-10-22(11-7-14)19(25)16-4-2-3-8-20-16/h2-4,8,14-15,17H,5-7,9-13H2,1H3/t15-,17+/m0/s1. The first-order chi connectivity index (χ1) is 12.1. The van der Waals surface area contributed by atoms with E-state index in [4.69, 9.17) is 0 Å². The van der Waals surface area contributed by atoms with Crippen LogP contribution in [0.4, 0.5) is 0 Å². The summed E-state index contributed by atoms with van der Waals surface area (Å²) in [5.74, 6) is 0.994. The fourth-order valence-electron chi connectivity index (χ4n) is 4.59. The molecule has 4 heterocycles. The van der Waals surface area contributed by atoms with E-state index in [2.05, 4.69) is 21.8 Å². The summed E-state index contributed by atoms with van der Waals surface area (Å²) in [6, 6.07) is 5.94. The zero-order valence-corrected chi connectivity index (χ0v) is 14.8. The molecule has 3 fully saturated rings. The Morgan fingerprint density at radius 1 is 1.04 bits per heavy atom. The monoisotopic (exact) mass is 342 g/mol. The third-order valence-electron chi connectivity index (χ3n) is 6.15. The molecular formula is C19H26N4O2. The first kappa shape index (κ1) is 16.5. The van der Waals surface area contributed by atoms with E-state index in [0.717, 1.165) is 32.5 Å². The molecule has 0 aromatic carbocycles. The maximum absolute atomic E-state index is 12.9. The Kier molecular flexibility index (Phi) is 4.46. The highest BCUT2D eigenvalue weighted by Gasteiger charge is 2.42. The van der Waals surface area contributed by atoms with Crippen molar-refractivity contribution in [3.63, 3.8) is 0 Å². The van der Waals surface area contributed by atoms with E-state index in [1.807, 2.05) is 17.0 Å². The number of pyridine rings is 1. The Bertz CT molecular complexity index is 642. The van der Waals surface area contributed by atoms with E-state index < -0.39 is 0 Å². The number of rotatable bonds is 2. The fourth-order valence-corrected chi connectivity index (χ4v) is 4.59. The molecule has 6 nitrogen and oxygen atoms in total. The Labute approximate surface area is 148 Å². The molecule has 2 atom stereocenters. The van der Waals surface area contributed by atoms with E-state index in [1.165, 1.54) is 6.42 Å². The quantitative estimate of drug-likeness (QED) is 0.808. The summed E-state index contributed by atoms with van der Waals surface area (Å²) in [6.07, 6.45) is 4.38. The lowest BCUT2D eigenvalue weighted by atomic mass is 9.95. The molecule has 134 valence electrons. The Morgan fingerprint density at radius 3 is 2.52 bits per heavy atom. The number of likely N-dealkylation sites (tertiary alicyclic amines) is 3. The minimum absolute atomic E-state index is 0.0242.